The van der Waals surface area contributed by atoms with Crippen LogP contribution in [-0.2, 0) is 22.8 Å². The quantitative estimate of drug-likeness (QED) is 0.381. The van der Waals surface area contributed by atoms with Crippen LogP contribution in [0, 0.1) is 12.3 Å². The molecule has 15 heteroatoms. The molecule has 2 aromatic rings. The van der Waals surface area contributed by atoms with Crippen molar-refractivity contribution in [3.8, 4) is 17.1 Å². The number of ether oxygens (including phenoxy) is 1. The van der Waals surface area contributed by atoms with Gasteiger partial charge in [-0.1, -0.05) is 13.8 Å². The first-order chi connectivity index (χ1) is 18.8. The minimum Gasteiger partial charge on any atom is -0.416 e. The van der Waals surface area contributed by atoms with Crippen LogP contribution in [0.3, 0.4) is 0 Å². The first-order valence-corrected chi connectivity index (χ1v) is 15.0. The third-order valence-corrected chi connectivity index (χ3v) is 9.20. The Morgan fingerprint density at radius 1 is 1.24 bits per heavy atom. The number of halogens is 5. The SMILES string of the molecule is CCn1nc(C(=O)NC[C@]2(O)CC[C@@H](S(C)(=O)=O)CC2)c(C)c1-c1ccc(CC(C)(C)C(F)(F)F)nc1OC(F)F. The minimum atomic E-state index is -4.56. The molecule has 230 valence electrons. The fraction of sp³-hybridized carbons (Fsp3) is 0.654. The summed E-state index contributed by atoms with van der Waals surface area (Å²) in [5.41, 5.74) is -3.13. The van der Waals surface area contributed by atoms with Crippen molar-refractivity contribution in [1.82, 2.24) is 20.1 Å². The molecule has 9 nitrogen and oxygen atoms in total. The summed E-state index contributed by atoms with van der Waals surface area (Å²) in [5, 5.41) is 17.3. The van der Waals surface area contributed by atoms with Gasteiger partial charge in [-0.3, -0.25) is 9.48 Å². The zero-order valence-corrected chi connectivity index (χ0v) is 24.3. The molecule has 0 radical (unpaired) electrons. The van der Waals surface area contributed by atoms with E-state index in [2.05, 4.69) is 20.1 Å². The van der Waals surface area contributed by atoms with E-state index >= 15 is 0 Å². The molecule has 0 saturated heterocycles. The molecule has 2 aromatic heterocycles. The molecule has 0 spiro atoms. The molecule has 3 rings (SSSR count). The van der Waals surface area contributed by atoms with Gasteiger partial charge in [-0.15, -0.1) is 0 Å². The van der Waals surface area contributed by atoms with E-state index in [0.29, 0.717) is 0 Å². The number of amides is 1. The van der Waals surface area contributed by atoms with Gasteiger partial charge >= 0.3 is 12.8 Å². The fourth-order valence-corrected chi connectivity index (χ4v) is 5.98. The molecule has 0 aliphatic heterocycles. The third kappa shape index (κ3) is 7.53. The Kier molecular flexibility index (Phi) is 9.43. The molecule has 0 unspecified atom stereocenters. The Bertz CT molecular complexity index is 1370. The van der Waals surface area contributed by atoms with Crippen LogP contribution in [0.1, 0.15) is 68.2 Å². The Labute approximate surface area is 235 Å². The zero-order chi connectivity index (χ0) is 31.0. The summed E-state index contributed by atoms with van der Waals surface area (Å²) in [5.74, 6) is -1.25. The number of aryl methyl sites for hydroxylation is 1. The van der Waals surface area contributed by atoms with Crippen LogP contribution in [0.4, 0.5) is 22.0 Å². The first kappa shape index (κ1) is 32.7. The average Bonchev–Trinajstić information content (AvgIpc) is 3.17. The van der Waals surface area contributed by atoms with E-state index in [0.717, 1.165) is 20.1 Å². The molecule has 0 bridgehead atoms. The number of carbonyl (C=O) groups excluding carboxylic acids is 1. The van der Waals surface area contributed by atoms with Gasteiger partial charge in [-0.25, -0.2) is 13.4 Å². The summed E-state index contributed by atoms with van der Waals surface area (Å²) in [6.45, 7) is 1.92. The van der Waals surface area contributed by atoms with Crippen LogP contribution in [0.2, 0.25) is 0 Å². The molecule has 2 heterocycles. The number of pyridine rings is 1. The lowest BCUT2D eigenvalue weighted by Crippen LogP contribution is -2.47. The standard InChI is InChI=1S/C26H35F5N4O5S/c1-6-35-20(18-8-7-16(33-22(18)40-23(27)28)13-24(3,4)26(29,30)31)15(2)19(34-35)21(36)32-14-25(37)11-9-17(10-12-25)41(5,38)39/h7-8,17,23,37H,6,9-14H2,1-5H3,(H,32,36)/t17-,25+. The highest BCUT2D eigenvalue weighted by atomic mass is 32.2. The Balaban J connectivity index is 1.89. The average molecular weight is 611 g/mol. The van der Waals surface area contributed by atoms with Crippen molar-refractivity contribution < 1.29 is 45.0 Å². The van der Waals surface area contributed by atoms with E-state index in [1.807, 2.05) is 0 Å². The monoisotopic (exact) mass is 610 g/mol. The normalized spacial score (nSPS) is 20.3. The number of hydrogen-bond acceptors (Lipinski definition) is 7. The van der Waals surface area contributed by atoms with Crippen molar-refractivity contribution in [2.24, 2.45) is 5.41 Å². The molecule has 41 heavy (non-hydrogen) atoms. The number of alkyl halides is 5. The van der Waals surface area contributed by atoms with Crippen molar-refractivity contribution >= 4 is 15.7 Å². The second-order valence-electron chi connectivity index (χ2n) is 11.2. The van der Waals surface area contributed by atoms with Crippen LogP contribution in [0.15, 0.2) is 12.1 Å². The van der Waals surface area contributed by atoms with Crippen molar-refractivity contribution in [3.05, 3.63) is 29.1 Å². The Hall–Kier alpha value is -2.81. The van der Waals surface area contributed by atoms with Gasteiger partial charge in [0.05, 0.1) is 27.5 Å². The van der Waals surface area contributed by atoms with Crippen LogP contribution in [-0.4, -0.2) is 70.6 Å². The number of rotatable bonds is 10. The minimum absolute atomic E-state index is 0.0162. The van der Waals surface area contributed by atoms with Crippen molar-refractivity contribution in [3.63, 3.8) is 0 Å². The Morgan fingerprint density at radius 3 is 2.37 bits per heavy atom. The van der Waals surface area contributed by atoms with Crippen LogP contribution in [0.5, 0.6) is 5.88 Å². The van der Waals surface area contributed by atoms with Crippen molar-refractivity contribution in [2.75, 3.05) is 12.8 Å². The largest absolute Gasteiger partial charge is 0.416 e. The fourth-order valence-electron chi connectivity index (χ4n) is 4.88. The number of aliphatic hydroxyl groups is 1. The van der Waals surface area contributed by atoms with Crippen LogP contribution >= 0.6 is 0 Å². The summed E-state index contributed by atoms with van der Waals surface area (Å²) in [4.78, 5) is 17.1. The predicted molar refractivity (Wildman–Crippen MR) is 140 cm³/mol. The van der Waals surface area contributed by atoms with Gasteiger partial charge in [0.2, 0.25) is 5.88 Å². The van der Waals surface area contributed by atoms with E-state index in [4.69, 9.17) is 0 Å². The lowest BCUT2D eigenvalue weighted by Gasteiger charge is -2.35. The lowest BCUT2D eigenvalue weighted by atomic mass is 9.84. The number of nitrogens with one attached hydrogen (secondary N) is 1. The maximum absolute atomic E-state index is 13.4. The highest BCUT2D eigenvalue weighted by Gasteiger charge is 2.47. The number of hydrogen-bond donors (Lipinski definition) is 2. The summed E-state index contributed by atoms with van der Waals surface area (Å²) in [7, 11) is -3.24. The van der Waals surface area contributed by atoms with E-state index < -0.39 is 57.1 Å². The number of nitrogens with zero attached hydrogens (tertiary/aromatic N) is 3. The predicted octanol–water partition coefficient (Wildman–Crippen LogP) is 4.45. The molecule has 1 saturated carbocycles. The topological polar surface area (TPSA) is 123 Å². The van der Waals surface area contributed by atoms with Gasteiger partial charge in [0.15, 0.2) is 5.69 Å². The highest BCUT2D eigenvalue weighted by Crippen LogP contribution is 2.41. The summed E-state index contributed by atoms with van der Waals surface area (Å²) >= 11 is 0. The molecule has 1 aliphatic rings. The summed E-state index contributed by atoms with van der Waals surface area (Å²) in [6.07, 6.45) is -3.12. The molecule has 0 aromatic carbocycles. The number of aromatic nitrogens is 3. The van der Waals surface area contributed by atoms with Gasteiger partial charge in [-0.05, 0) is 51.7 Å². The molecule has 1 amide bonds. The van der Waals surface area contributed by atoms with Crippen LogP contribution in [0.25, 0.3) is 11.3 Å². The van der Waals surface area contributed by atoms with Gasteiger partial charge in [0.1, 0.15) is 9.84 Å². The third-order valence-electron chi connectivity index (χ3n) is 7.51. The van der Waals surface area contributed by atoms with E-state index in [-0.39, 0.29) is 67.0 Å². The zero-order valence-electron chi connectivity index (χ0n) is 23.5. The molecular formula is C26H35F5N4O5S. The Morgan fingerprint density at radius 2 is 1.85 bits per heavy atom. The summed E-state index contributed by atoms with van der Waals surface area (Å²) < 4.78 is 96.4. The molecular weight excluding hydrogens is 575 g/mol. The number of sulfone groups is 1. The molecule has 1 fully saturated rings. The highest BCUT2D eigenvalue weighted by molar-refractivity contribution is 7.91. The maximum Gasteiger partial charge on any atom is 0.394 e. The van der Waals surface area contributed by atoms with Gasteiger partial charge in [0.25, 0.3) is 5.91 Å². The van der Waals surface area contributed by atoms with Crippen molar-refractivity contribution in [1.29, 1.82) is 0 Å². The van der Waals surface area contributed by atoms with E-state index in [9.17, 15) is 40.3 Å². The van der Waals surface area contributed by atoms with Crippen molar-refractivity contribution in [2.45, 2.75) is 90.0 Å². The van der Waals surface area contributed by atoms with Crippen LogP contribution < -0.4 is 10.1 Å². The van der Waals surface area contributed by atoms with Gasteiger partial charge in [-0.2, -0.15) is 27.1 Å². The molecule has 2 N–H and O–H groups in total. The number of carbonyl (C=O) groups is 1. The first-order valence-electron chi connectivity index (χ1n) is 13.1. The maximum atomic E-state index is 13.4. The smallest absolute Gasteiger partial charge is 0.394 e. The van der Waals surface area contributed by atoms with Gasteiger partial charge in [0, 0.05) is 37.0 Å². The van der Waals surface area contributed by atoms with Gasteiger partial charge < -0.3 is 15.2 Å². The second kappa shape index (κ2) is 11.8. The van der Waals surface area contributed by atoms with E-state index in [1.165, 1.54) is 23.7 Å². The van der Waals surface area contributed by atoms with E-state index in [1.54, 1.807) is 6.92 Å². The summed E-state index contributed by atoms with van der Waals surface area (Å²) in [6, 6.07) is 2.60. The molecule has 0 atom stereocenters. The lowest BCUT2D eigenvalue weighted by molar-refractivity contribution is -0.211. The second-order valence-corrected chi connectivity index (χ2v) is 13.5. The molecule has 1 aliphatic carbocycles.